The number of carbonyl (C=O) groups excluding carboxylic acids is 2. The third-order valence-electron chi connectivity index (χ3n) is 5.05. The van der Waals surface area contributed by atoms with Crippen molar-refractivity contribution in [2.45, 2.75) is 26.1 Å². The van der Waals surface area contributed by atoms with Crippen LogP contribution in [0.25, 0.3) is 0 Å². The van der Waals surface area contributed by atoms with Crippen molar-refractivity contribution in [2.24, 2.45) is 0 Å². The normalized spacial score (nSPS) is 10.4. The number of aryl methyl sites for hydroxylation is 1. The van der Waals surface area contributed by atoms with E-state index < -0.39 is 23.2 Å². The Bertz CT molecular complexity index is 1310. The minimum Gasteiger partial charge on any atom is -0.494 e. The van der Waals surface area contributed by atoms with E-state index in [9.17, 15) is 19.2 Å². The number of amidine groups is 1. The van der Waals surface area contributed by atoms with E-state index >= 15 is 0 Å². The van der Waals surface area contributed by atoms with E-state index in [1.807, 2.05) is 30.3 Å². The number of amides is 1. The van der Waals surface area contributed by atoms with Crippen molar-refractivity contribution < 1.29 is 23.8 Å². The van der Waals surface area contributed by atoms with Gasteiger partial charge in [0.1, 0.15) is 24.7 Å². The van der Waals surface area contributed by atoms with Gasteiger partial charge < -0.3 is 18.8 Å². The molecule has 0 radical (unpaired) electrons. The monoisotopic (exact) mass is 494 g/mol. The van der Waals surface area contributed by atoms with Gasteiger partial charge in [-0.1, -0.05) is 30.3 Å². The quantitative estimate of drug-likeness (QED) is 0.144. The van der Waals surface area contributed by atoms with Crippen LogP contribution >= 0.6 is 0 Å². The summed E-state index contributed by atoms with van der Waals surface area (Å²) in [5, 5.41) is 10.4. The minimum absolute atomic E-state index is 0.103. The molecule has 0 atom stereocenters. The van der Waals surface area contributed by atoms with E-state index in [4.69, 9.17) is 14.9 Å². The maximum atomic E-state index is 12.2. The zero-order valence-electron chi connectivity index (χ0n) is 19.6. The second kappa shape index (κ2) is 12.7. The number of ether oxygens (including phenoxy) is 3. The summed E-state index contributed by atoms with van der Waals surface area (Å²) >= 11 is 0. The molecule has 1 aromatic heterocycles. The van der Waals surface area contributed by atoms with Crippen LogP contribution in [0.4, 0.5) is 4.79 Å². The summed E-state index contributed by atoms with van der Waals surface area (Å²) in [5.41, 5.74) is -0.231. The number of benzene rings is 2. The maximum Gasteiger partial charge on any atom is 0.413 e. The van der Waals surface area contributed by atoms with Crippen molar-refractivity contribution in [3.8, 4) is 5.75 Å². The molecule has 1 amide bonds. The summed E-state index contributed by atoms with van der Waals surface area (Å²) in [6.07, 6.45) is 2.52. The van der Waals surface area contributed by atoms with Gasteiger partial charge in [-0.15, -0.1) is 0 Å². The van der Waals surface area contributed by atoms with Gasteiger partial charge in [-0.2, -0.15) is 0 Å². The van der Waals surface area contributed by atoms with Gasteiger partial charge in [-0.25, -0.2) is 4.79 Å². The van der Waals surface area contributed by atoms with Gasteiger partial charge in [0.2, 0.25) is 0 Å². The SMILES string of the molecule is COC(=O)Cn1ccn(CCCOc2ccc(C(=N)NC(=O)OCc3ccccc3)cc2)c(=O)c1=O. The Balaban J connectivity index is 1.43. The molecule has 0 aliphatic heterocycles. The van der Waals surface area contributed by atoms with Gasteiger partial charge in [0, 0.05) is 24.5 Å². The molecule has 0 saturated heterocycles. The lowest BCUT2D eigenvalue weighted by Crippen LogP contribution is -2.41. The van der Waals surface area contributed by atoms with Crippen molar-refractivity contribution in [1.29, 1.82) is 5.41 Å². The first kappa shape index (κ1) is 25.9. The van der Waals surface area contributed by atoms with Crippen LogP contribution < -0.4 is 21.2 Å². The number of rotatable bonds is 10. The highest BCUT2D eigenvalue weighted by Crippen LogP contribution is 2.12. The number of alkyl carbamates (subject to hydrolysis) is 1. The molecule has 188 valence electrons. The zero-order chi connectivity index (χ0) is 25.9. The smallest absolute Gasteiger partial charge is 0.413 e. The number of hydrogen-bond acceptors (Lipinski definition) is 8. The first-order valence-corrected chi connectivity index (χ1v) is 11.0. The van der Waals surface area contributed by atoms with Crippen LogP contribution in [0.5, 0.6) is 5.75 Å². The molecule has 36 heavy (non-hydrogen) atoms. The van der Waals surface area contributed by atoms with Gasteiger partial charge in [-0.3, -0.25) is 29.7 Å². The molecule has 3 aromatic rings. The number of methoxy groups -OCH3 is 1. The second-order valence-corrected chi connectivity index (χ2v) is 7.59. The van der Waals surface area contributed by atoms with Crippen LogP contribution in [0, 0.1) is 5.41 Å². The van der Waals surface area contributed by atoms with Crippen molar-refractivity contribution in [1.82, 2.24) is 14.5 Å². The first-order chi connectivity index (χ1) is 17.4. The van der Waals surface area contributed by atoms with Crippen LogP contribution in [0.3, 0.4) is 0 Å². The minimum atomic E-state index is -0.806. The highest BCUT2D eigenvalue weighted by atomic mass is 16.5. The maximum absolute atomic E-state index is 12.2. The standard InChI is InChI=1S/C25H26N4O7/c1-34-21(30)16-29-14-13-28(23(31)24(29)32)12-5-15-35-20-10-8-19(9-11-20)22(26)27-25(33)36-17-18-6-3-2-4-7-18/h2-4,6-11,13-14H,5,12,15-17H2,1H3,(H2,26,27,33). The predicted molar refractivity (Wildman–Crippen MR) is 130 cm³/mol. The first-order valence-electron chi connectivity index (χ1n) is 11.0. The highest BCUT2D eigenvalue weighted by Gasteiger charge is 2.10. The summed E-state index contributed by atoms with van der Waals surface area (Å²) in [4.78, 5) is 47.5. The summed E-state index contributed by atoms with van der Waals surface area (Å²) in [6, 6.07) is 15.8. The van der Waals surface area contributed by atoms with E-state index in [0.29, 0.717) is 17.7 Å². The molecule has 0 fully saturated rings. The lowest BCUT2D eigenvalue weighted by atomic mass is 10.2. The Morgan fingerprint density at radius 2 is 1.61 bits per heavy atom. The van der Waals surface area contributed by atoms with Gasteiger partial charge >= 0.3 is 23.2 Å². The third kappa shape index (κ3) is 7.42. The number of nitrogens with zero attached hydrogens (tertiary/aromatic N) is 2. The van der Waals surface area contributed by atoms with Crippen molar-refractivity contribution in [3.05, 3.63) is 98.8 Å². The van der Waals surface area contributed by atoms with E-state index in [0.717, 1.165) is 10.1 Å². The van der Waals surface area contributed by atoms with E-state index in [1.165, 1.54) is 24.1 Å². The average Bonchev–Trinajstić information content (AvgIpc) is 2.90. The summed E-state index contributed by atoms with van der Waals surface area (Å²) in [7, 11) is 1.20. The predicted octanol–water partition coefficient (Wildman–Crippen LogP) is 1.90. The number of esters is 1. The molecule has 3 rings (SSSR count). The summed E-state index contributed by atoms with van der Waals surface area (Å²) < 4.78 is 17.5. The number of hydrogen-bond donors (Lipinski definition) is 2. The molecule has 2 aromatic carbocycles. The van der Waals surface area contributed by atoms with Crippen LogP contribution in [-0.4, -0.2) is 40.7 Å². The molecule has 0 aliphatic rings. The largest absolute Gasteiger partial charge is 0.494 e. The molecular formula is C25H26N4O7. The van der Waals surface area contributed by atoms with E-state index in [-0.39, 0.29) is 32.1 Å². The molecule has 1 heterocycles. The summed E-state index contributed by atoms with van der Waals surface area (Å²) in [5.74, 6) is -0.192. The third-order valence-corrected chi connectivity index (χ3v) is 5.05. The Morgan fingerprint density at radius 3 is 2.31 bits per heavy atom. The molecule has 11 heteroatoms. The van der Waals surface area contributed by atoms with Crippen molar-refractivity contribution in [2.75, 3.05) is 13.7 Å². The molecule has 2 N–H and O–H groups in total. The fraction of sp³-hybridized carbons (Fsp3) is 0.240. The highest BCUT2D eigenvalue weighted by molar-refractivity contribution is 6.04. The molecule has 0 unspecified atom stereocenters. The molecule has 0 bridgehead atoms. The van der Waals surface area contributed by atoms with Crippen LogP contribution in [0.2, 0.25) is 0 Å². The van der Waals surface area contributed by atoms with E-state index in [1.54, 1.807) is 24.3 Å². The van der Waals surface area contributed by atoms with E-state index in [2.05, 4.69) is 10.1 Å². The number of nitrogens with one attached hydrogen (secondary N) is 2. The Labute approximate surface area is 206 Å². The molecular weight excluding hydrogens is 468 g/mol. The molecule has 0 saturated carbocycles. The van der Waals surface area contributed by atoms with Gasteiger partial charge in [0.25, 0.3) is 0 Å². The molecule has 0 aliphatic carbocycles. The number of aromatic nitrogens is 2. The van der Waals surface area contributed by atoms with Crippen LogP contribution in [0.1, 0.15) is 17.5 Å². The Kier molecular flexibility index (Phi) is 9.15. The topological polar surface area (TPSA) is 142 Å². The van der Waals surface area contributed by atoms with Crippen molar-refractivity contribution in [3.63, 3.8) is 0 Å². The molecule has 0 spiro atoms. The van der Waals surface area contributed by atoms with Gasteiger partial charge in [-0.05, 0) is 36.2 Å². The van der Waals surface area contributed by atoms with Crippen LogP contribution in [-0.2, 0) is 34.0 Å². The molecule has 11 nitrogen and oxygen atoms in total. The Morgan fingerprint density at radius 1 is 0.944 bits per heavy atom. The van der Waals surface area contributed by atoms with Gasteiger partial charge in [0.05, 0.1) is 13.7 Å². The zero-order valence-corrected chi connectivity index (χ0v) is 19.6. The van der Waals surface area contributed by atoms with Crippen molar-refractivity contribution >= 4 is 17.9 Å². The number of carbonyl (C=O) groups is 2. The lowest BCUT2D eigenvalue weighted by molar-refractivity contribution is -0.141. The second-order valence-electron chi connectivity index (χ2n) is 7.59. The summed E-state index contributed by atoms with van der Waals surface area (Å²) in [6.45, 7) is 0.307. The lowest BCUT2D eigenvalue weighted by Gasteiger charge is -2.11. The van der Waals surface area contributed by atoms with Crippen LogP contribution in [0.15, 0.2) is 76.6 Å². The fourth-order valence-electron chi connectivity index (χ4n) is 3.12. The Hall–Kier alpha value is -4.67. The average molecular weight is 495 g/mol. The van der Waals surface area contributed by atoms with Gasteiger partial charge in [0.15, 0.2) is 0 Å². The fourth-order valence-corrected chi connectivity index (χ4v) is 3.12.